The average molecular weight is 340 g/mol. The van der Waals surface area contributed by atoms with Gasteiger partial charge in [-0.25, -0.2) is 4.79 Å². The van der Waals surface area contributed by atoms with Crippen molar-refractivity contribution >= 4 is 27.7 Å². The number of ether oxygens (including phenoxy) is 1. The number of nitrogens with zero attached hydrogens (tertiary/aromatic N) is 3. The summed E-state index contributed by atoms with van der Waals surface area (Å²) in [5.41, 5.74) is 1.21. The summed E-state index contributed by atoms with van der Waals surface area (Å²) in [5.74, 6) is -0.673. The summed E-state index contributed by atoms with van der Waals surface area (Å²) in [5, 5.41) is 14.6. The van der Waals surface area contributed by atoms with Gasteiger partial charge in [-0.2, -0.15) is 4.68 Å². The zero-order valence-electron chi connectivity index (χ0n) is 10.4. The van der Waals surface area contributed by atoms with E-state index < -0.39 is 10.9 Å². The van der Waals surface area contributed by atoms with Crippen LogP contribution in [0, 0.1) is 10.1 Å². The van der Waals surface area contributed by atoms with E-state index in [1.807, 2.05) is 0 Å². The molecule has 0 atom stereocenters. The monoisotopic (exact) mass is 339 g/mol. The Hall–Kier alpha value is -2.22. The van der Waals surface area contributed by atoms with Gasteiger partial charge in [0.2, 0.25) is 0 Å². The SMILES string of the molecule is COC(=O)c1cccc(Cn2cc(Br)c([N+](=O)[O-])n2)c1. The van der Waals surface area contributed by atoms with Crippen molar-refractivity contribution in [1.29, 1.82) is 0 Å². The van der Waals surface area contributed by atoms with Gasteiger partial charge in [-0.3, -0.25) is 0 Å². The molecule has 8 heteroatoms. The van der Waals surface area contributed by atoms with E-state index in [4.69, 9.17) is 0 Å². The van der Waals surface area contributed by atoms with E-state index in [2.05, 4.69) is 25.8 Å². The molecule has 0 amide bonds. The number of aromatic nitrogens is 2. The number of hydrogen-bond donors (Lipinski definition) is 0. The minimum atomic E-state index is -0.564. The quantitative estimate of drug-likeness (QED) is 0.484. The van der Waals surface area contributed by atoms with Crippen molar-refractivity contribution in [1.82, 2.24) is 9.78 Å². The van der Waals surface area contributed by atoms with E-state index in [9.17, 15) is 14.9 Å². The highest BCUT2D eigenvalue weighted by Gasteiger charge is 2.18. The van der Waals surface area contributed by atoms with Gasteiger partial charge in [-0.05, 0) is 38.5 Å². The van der Waals surface area contributed by atoms with Gasteiger partial charge in [0.1, 0.15) is 4.47 Å². The summed E-state index contributed by atoms with van der Waals surface area (Å²) < 4.78 is 6.38. The van der Waals surface area contributed by atoms with Gasteiger partial charge in [0.25, 0.3) is 0 Å². The van der Waals surface area contributed by atoms with Crippen LogP contribution in [0.2, 0.25) is 0 Å². The van der Waals surface area contributed by atoms with Crippen LogP contribution >= 0.6 is 15.9 Å². The van der Waals surface area contributed by atoms with E-state index in [1.54, 1.807) is 24.3 Å². The number of esters is 1. The number of carbonyl (C=O) groups excluding carboxylic acids is 1. The van der Waals surface area contributed by atoms with E-state index in [1.165, 1.54) is 18.0 Å². The minimum Gasteiger partial charge on any atom is -0.465 e. The van der Waals surface area contributed by atoms with Crippen LogP contribution < -0.4 is 0 Å². The molecule has 0 aliphatic rings. The van der Waals surface area contributed by atoms with Gasteiger partial charge < -0.3 is 14.9 Å². The first-order chi connectivity index (χ1) is 9.51. The van der Waals surface area contributed by atoms with Crippen LogP contribution in [0.1, 0.15) is 15.9 Å². The highest BCUT2D eigenvalue weighted by molar-refractivity contribution is 9.10. The van der Waals surface area contributed by atoms with Crippen molar-refractivity contribution in [3.05, 3.63) is 56.2 Å². The molecule has 2 aromatic rings. The van der Waals surface area contributed by atoms with Crippen molar-refractivity contribution in [3.63, 3.8) is 0 Å². The molecule has 0 saturated carbocycles. The molecule has 0 saturated heterocycles. The lowest BCUT2D eigenvalue weighted by atomic mass is 10.1. The standard InChI is InChI=1S/C12H10BrN3O4/c1-20-12(17)9-4-2-3-8(5-9)6-15-7-10(13)11(14-15)16(18)19/h2-5,7H,6H2,1H3. The summed E-state index contributed by atoms with van der Waals surface area (Å²) >= 11 is 3.08. The van der Waals surface area contributed by atoms with Crippen LogP contribution in [-0.2, 0) is 11.3 Å². The highest BCUT2D eigenvalue weighted by Crippen LogP contribution is 2.22. The Labute approximate surface area is 122 Å². The second kappa shape index (κ2) is 5.83. The van der Waals surface area contributed by atoms with Crippen LogP contribution in [0.4, 0.5) is 5.82 Å². The smallest absolute Gasteiger partial charge is 0.404 e. The fourth-order valence-corrected chi connectivity index (χ4v) is 2.15. The maximum atomic E-state index is 11.4. The third-order valence-electron chi connectivity index (χ3n) is 2.56. The lowest BCUT2D eigenvalue weighted by Gasteiger charge is -2.02. The van der Waals surface area contributed by atoms with Crippen molar-refractivity contribution in [2.75, 3.05) is 7.11 Å². The second-order valence-electron chi connectivity index (χ2n) is 3.95. The third kappa shape index (κ3) is 3.02. The van der Waals surface area contributed by atoms with Gasteiger partial charge in [0, 0.05) is 0 Å². The number of carbonyl (C=O) groups is 1. The van der Waals surface area contributed by atoms with Crippen LogP contribution in [0.25, 0.3) is 0 Å². The number of rotatable bonds is 4. The zero-order valence-corrected chi connectivity index (χ0v) is 12.0. The summed E-state index contributed by atoms with van der Waals surface area (Å²) in [7, 11) is 1.31. The molecule has 1 heterocycles. The highest BCUT2D eigenvalue weighted by atomic mass is 79.9. The van der Waals surface area contributed by atoms with Crippen molar-refractivity contribution in [3.8, 4) is 0 Å². The summed E-state index contributed by atoms with van der Waals surface area (Å²) in [6.45, 7) is 0.317. The van der Waals surface area contributed by atoms with Gasteiger partial charge in [0.15, 0.2) is 0 Å². The zero-order chi connectivity index (χ0) is 14.7. The molecular formula is C12H10BrN3O4. The van der Waals surface area contributed by atoms with Crippen molar-refractivity contribution < 1.29 is 14.5 Å². The molecule has 7 nitrogen and oxygen atoms in total. The maximum absolute atomic E-state index is 11.4. The minimum absolute atomic E-state index is 0.242. The van der Waals surface area contributed by atoms with E-state index in [-0.39, 0.29) is 5.82 Å². The van der Waals surface area contributed by atoms with Gasteiger partial charge in [0.05, 0.1) is 30.5 Å². The number of halogens is 1. The average Bonchev–Trinajstić information content (AvgIpc) is 2.79. The predicted octanol–water partition coefficient (Wildman–Crippen LogP) is 2.39. The number of nitro groups is 1. The largest absolute Gasteiger partial charge is 0.465 e. The fourth-order valence-electron chi connectivity index (χ4n) is 1.69. The Morgan fingerprint density at radius 3 is 2.90 bits per heavy atom. The second-order valence-corrected chi connectivity index (χ2v) is 4.80. The third-order valence-corrected chi connectivity index (χ3v) is 3.12. The first-order valence-electron chi connectivity index (χ1n) is 5.56. The Kier molecular flexibility index (Phi) is 4.14. The van der Waals surface area contributed by atoms with Crippen LogP contribution in [0.3, 0.4) is 0 Å². The molecule has 0 spiro atoms. The van der Waals surface area contributed by atoms with Gasteiger partial charge >= 0.3 is 11.8 Å². The van der Waals surface area contributed by atoms with Gasteiger partial charge in [-0.1, -0.05) is 12.1 Å². The molecule has 104 valence electrons. The molecule has 0 aliphatic carbocycles. The Morgan fingerprint density at radius 1 is 1.55 bits per heavy atom. The first kappa shape index (κ1) is 14.2. The van der Waals surface area contributed by atoms with Crippen LogP contribution in [0.5, 0.6) is 0 Å². The van der Waals surface area contributed by atoms with Crippen LogP contribution in [0.15, 0.2) is 34.9 Å². The molecule has 1 aromatic carbocycles. The molecule has 0 unspecified atom stereocenters. The van der Waals surface area contributed by atoms with E-state index in [0.717, 1.165) is 5.56 Å². The normalized spacial score (nSPS) is 10.3. The molecule has 0 bridgehead atoms. The first-order valence-corrected chi connectivity index (χ1v) is 6.35. The number of benzene rings is 1. The van der Waals surface area contributed by atoms with Crippen molar-refractivity contribution in [2.45, 2.75) is 6.54 Å². The molecular weight excluding hydrogens is 330 g/mol. The Morgan fingerprint density at radius 2 is 2.30 bits per heavy atom. The van der Waals surface area contributed by atoms with Gasteiger partial charge in [-0.15, -0.1) is 0 Å². The fraction of sp³-hybridized carbons (Fsp3) is 0.167. The lowest BCUT2D eigenvalue weighted by molar-refractivity contribution is -0.390. The van der Waals surface area contributed by atoms with Crippen LogP contribution in [-0.4, -0.2) is 27.8 Å². The van der Waals surface area contributed by atoms with E-state index in [0.29, 0.717) is 16.6 Å². The molecule has 0 N–H and O–H groups in total. The Bertz CT molecular complexity index is 668. The predicted molar refractivity (Wildman–Crippen MR) is 73.5 cm³/mol. The maximum Gasteiger partial charge on any atom is 0.404 e. The topological polar surface area (TPSA) is 87.3 Å². The summed E-state index contributed by atoms with van der Waals surface area (Å²) in [6.07, 6.45) is 1.52. The summed E-state index contributed by atoms with van der Waals surface area (Å²) in [4.78, 5) is 21.6. The molecule has 20 heavy (non-hydrogen) atoms. The Balaban J connectivity index is 2.24. The number of hydrogen-bond acceptors (Lipinski definition) is 5. The lowest BCUT2D eigenvalue weighted by Crippen LogP contribution is -2.05. The number of methoxy groups -OCH3 is 1. The summed E-state index contributed by atoms with van der Waals surface area (Å²) in [6, 6.07) is 6.81. The van der Waals surface area contributed by atoms with E-state index >= 15 is 0 Å². The van der Waals surface area contributed by atoms with Crippen molar-refractivity contribution in [2.24, 2.45) is 0 Å². The molecule has 0 radical (unpaired) electrons. The molecule has 0 aliphatic heterocycles. The molecule has 1 aromatic heterocycles. The molecule has 2 rings (SSSR count). The molecule has 0 fully saturated rings.